The van der Waals surface area contributed by atoms with Crippen LogP contribution in [-0.2, 0) is 14.4 Å². The number of ketones is 2. The molecule has 0 aromatic carbocycles. The molecule has 158 valence electrons. The number of carbonyl (C=O) groups excluding carboxylic acids is 3. The van der Waals surface area contributed by atoms with Crippen LogP contribution < -0.4 is 0 Å². The first-order valence-corrected chi connectivity index (χ1v) is 10.8. The van der Waals surface area contributed by atoms with Gasteiger partial charge >= 0.3 is 0 Å². The Morgan fingerprint density at radius 1 is 1.38 bits per heavy atom. The van der Waals surface area contributed by atoms with Crippen molar-refractivity contribution < 1.29 is 23.9 Å². The Bertz CT molecular complexity index is 871. The maximum absolute atomic E-state index is 17.0. The number of aldehydes is 1. The Kier molecular flexibility index (Phi) is 4.56. The topological polar surface area (TPSA) is 71.4 Å². The van der Waals surface area contributed by atoms with E-state index in [0.29, 0.717) is 18.4 Å². The van der Waals surface area contributed by atoms with Crippen molar-refractivity contribution in [2.24, 2.45) is 28.6 Å². The highest BCUT2D eigenvalue weighted by Crippen LogP contribution is 2.72. The molecule has 4 aliphatic rings. The van der Waals surface area contributed by atoms with Gasteiger partial charge in [0, 0.05) is 22.1 Å². The van der Waals surface area contributed by atoms with E-state index in [0.717, 1.165) is 0 Å². The third-order valence-electron chi connectivity index (χ3n) is 8.59. The van der Waals surface area contributed by atoms with Gasteiger partial charge in [0.1, 0.15) is 4.87 Å². The summed E-state index contributed by atoms with van der Waals surface area (Å²) in [4.78, 5) is 34.4. The molecule has 9 atom stereocenters. The molecule has 0 heterocycles. The quantitative estimate of drug-likeness (QED) is 0.403. The van der Waals surface area contributed by atoms with Crippen LogP contribution in [0.1, 0.15) is 40.0 Å². The van der Waals surface area contributed by atoms with Gasteiger partial charge in [-0.2, -0.15) is 0 Å². The molecule has 1 N–H and O–H groups in total. The molecule has 4 aliphatic carbocycles. The zero-order chi connectivity index (χ0) is 21.6. The molecule has 4 rings (SSSR count). The summed E-state index contributed by atoms with van der Waals surface area (Å²) in [5.74, 6) is -2.49. The summed E-state index contributed by atoms with van der Waals surface area (Å²) >= 11 is 13.6. The number of rotatable bonds is 2. The lowest BCUT2D eigenvalue weighted by molar-refractivity contribution is -0.192. The summed E-state index contributed by atoms with van der Waals surface area (Å²) < 4.78 is 17.0. The van der Waals surface area contributed by atoms with Crippen LogP contribution in [0, 0.1) is 28.6 Å². The number of allylic oxidation sites excluding steroid dienone is 4. The third-order valence-corrected chi connectivity index (χ3v) is 10.0. The fraction of sp³-hybridized carbons (Fsp3) is 0.682. The minimum absolute atomic E-state index is 0.0631. The van der Waals surface area contributed by atoms with Gasteiger partial charge in [0.25, 0.3) is 0 Å². The Morgan fingerprint density at radius 3 is 2.66 bits per heavy atom. The van der Waals surface area contributed by atoms with Gasteiger partial charge < -0.3 is 5.11 Å². The smallest absolute Gasteiger partial charge is 0.216 e. The number of fused-ring (bicyclic) bond motifs is 5. The number of carbonyl (C=O) groups is 3. The van der Waals surface area contributed by atoms with Crippen LogP contribution in [0.3, 0.4) is 0 Å². The normalized spacial score (nSPS) is 53.6. The molecule has 0 saturated heterocycles. The first kappa shape index (κ1) is 21.2. The summed E-state index contributed by atoms with van der Waals surface area (Å²) in [5, 5.41) is 10.5. The van der Waals surface area contributed by atoms with Crippen molar-refractivity contribution in [3.05, 3.63) is 23.8 Å². The molecular formula is C22H25Cl2FO4. The van der Waals surface area contributed by atoms with Crippen LogP contribution in [0.25, 0.3) is 0 Å². The maximum Gasteiger partial charge on any atom is 0.216 e. The Morgan fingerprint density at radius 2 is 2.03 bits per heavy atom. The Balaban J connectivity index is 1.89. The standard InChI is InChI=1S/C22H25Cl2FO4/c1-11-6-14-18-15(23)8-12-7-13(27)4-5-19(12,2)22(18,25)16(28)9-20(14,3)21(11,24)17(29)10-26/h4-5,7,10-11,14-16,18,28H,6,8-9H2,1-3H3/t11?,14-,15?,16?,18+,19-,20-,21-,22+/m0/s1. The van der Waals surface area contributed by atoms with E-state index in [1.807, 2.05) is 0 Å². The van der Waals surface area contributed by atoms with Gasteiger partial charge in [-0.25, -0.2) is 4.39 Å². The van der Waals surface area contributed by atoms with Crippen molar-refractivity contribution in [1.29, 1.82) is 0 Å². The number of Topliss-reactive ketones (excluding diaryl/α,β-unsaturated/α-hetero) is 1. The van der Waals surface area contributed by atoms with Gasteiger partial charge in [0.05, 0.1) is 6.10 Å². The second kappa shape index (κ2) is 6.24. The summed E-state index contributed by atoms with van der Waals surface area (Å²) in [6.07, 6.45) is 3.78. The highest BCUT2D eigenvalue weighted by atomic mass is 35.5. The SMILES string of the molecule is CC1C[C@H]2[C@@H]3C(Cl)CC4=CC(=O)C=C[C@]4(C)[C@@]3(F)C(O)C[C@]2(C)[C@@]1(Cl)C(=O)C=O. The van der Waals surface area contributed by atoms with Gasteiger partial charge in [-0.3, -0.25) is 14.4 Å². The molecule has 3 unspecified atom stereocenters. The van der Waals surface area contributed by atoms with Crippen LogP contribution in [0.2, 0.25) is 0 Å². The van der Waals surface area contributed by atoms with Gasteiger partial charge in [-0.1, -0.05) is 25.5 Å². The molecule has 3 saturated carbocycles. The monoisotopic (exact) mass is 442 g/mol. The molecule has 0 aliphatic heterocycles. The van der Waals surface area contributed by atoms with Crippen LogP contribution in [0.5, 0.6) is 0 Å². The number of aliphatic hydroxyl groups excluding tert-OH is 1. The van der Waals surface area contributed by atoms with E-state index in [9.17, 15) is 19.5 Å². The van der Waals surface area contributed by atoms with E-state index in [4.69, 9.17) is 23.2 Å². The van der Waals surface area contributed by atoms with Crippen LogP contribution in [-0.4, -0.2) is 45.0 Å². The van der Waals surface area contributed by atoms with E-state index in [1.165, 1.54) is 12.2 Å². The predicted molar refractivity (Wildman–Crippen MR) is 108 cm³/mol. The molecule has 0 aromatic heterocycles. The molecule has 0 aromatic rings. The number of alkyl halides is 3. The zero-order valence-corrected chi connectivity index (χ0v) is 18.1. The van der Waals surface area contributed by atoms with E-state index >= 15 is 4.39 Å². The molecule has 0 spiro atoms. The zero-order valence-electron chi connectivity index (χ0n) is 16.6. The van der Waals surface area contributed by atoms with Crippen molar-refractivity contribution >= 4 is 41.1 Å². The summed E-state index contributed by atoms with van der Waals surface area (Å²) in [7, 11) is 0. The number of halogens is 3. The third kappa shape index (κ3) is 2.27. The fourth-order valence-corrected chi connectivity index (χ4v) is 7.95. The molecule has 4 nitrogen and oxygen atoms in total. The number of hydrogen-bond acceptors (Lipinski definition) is 4. The number of hydrogen-bond donors (Lipinski definition) is 1. The number of aliphatic hydroxyl groups is 1. The highest BCUT2D eigenvalue weighted by Gasteiger charge is 2.76. The second-order valence-corrected chi connectivity index (χ2v) is 10.9. The second-order valence-electron chi connectivity index (χ2n) is 9.70. The van der Waals surface area contributed by atoms with E-state index in [1.54, 1.807) is 26.8 Å². The molecular weight excluding hydrogens is 418 g/mol. The van der Waals surface area contributed by atoms with Crippen molar-refractivity contribution in [1.82, 2.24) is 0 Å². The van der Waals surface area contributed by atoms with Crippen molar-refractivity contribution in [3.63, 3.8) is 0 Å². The largest absolute Gasteiger partial charge is 0.390 e. The van der Waals surface area contributed by atoms with Gasteiger partial charge in [-0.05, 0) is 50.2 Å². The minimum atomic E-state index is -2.11. The molecule has 0 radical (unpaired) electrons. The molecule has 7 heteroatoms. The van der Waals surface area contributed by atoms with Crippen molar-refractivity contribution in [2.45, 2.75) is 62.1 Å². The van der Waals surface area contributed by atoms with Crippen LogP contribution in [0.4, 0.5) is 4.39 Å². The lowest BCUT2D eigenvalue weighted by Crippen LogP contribution is -2.70. The van der Waals surface area contributed by atoms with Crippen LogP contribution >= 0.6 is 23.2 Å². The molecule has 3 fully saturated rings. The fourth-order valence-electron chi connectivity index (χ4n) is 7.07. The van der Waals surface area contributed by atoms with Gasteiger partial charge in [0.15, 0.2) is 17.7 Å². The lowest BCUT2D eigenvalue weighted by Gasteiger charge is -2.63. The molecule has 0 amide bonds. The highest BCUT2D eigenvalue weighted by molar-refractivity contribution is 6.47. The Labute approximate surface area is 179 Å². The van der Waals surface area contributed by atoms with E-state index in [2.05, 4.69) is 0 Å². The average Bonchev–Trinajstić information content (AvgIpc) is 2.85. The van der Waals surface area contributed by atoms with E-state index < -0.39 is 44.6 Å². The van der Waals surface area contributed by atoms with Gasteiger partial charge in [0.2, 0.25) is 5.78 Å². The maximum atomic E-state index is 17.0. The first-order valence-electron chi connectivity index (χ1n) is 10.0. The van der Waals surface area contributed by atoms with Crippen molar-refractivity contribution in [3.8, 4) is 0 Å². The predicted octanol–water partition coefficient (Wildman–Crippen LogP) is 3.57. The van der Waals surface area contributed by atoms with Crippen molar-refractivity contribution in [2.75, 3.05) is 0 Å². The summed E-state index contributed by atoms with van der Waals surface area (Å²) in [6.45, 7) is 5.27. The summed E-state index contributed by atoms with van der Waals surface area (Å²) in [5.41, 5.74) is -3.69. The average molecular weight is 443 g/mol. The first-order chi connectivity index (χ1) is 13.4. The molecule has 0 bridgehead atoms. The van der Waals surface area contributed by atoms with E-state index in [-0.39, 0.29) is 30.3 Å². The van der Waals surface area contributed by atoms with Crippen LogP contribution in [0.15, 0.2) is 23.8 Å². The lowest BCUT2D eigenvalue weighted by atomic mass is 9.45. The molecule has 29 heavy (non-hydrogen) atoms. The minimum Gasteiger partial charge on any atom is -0.390 e. The van der Waals surface area contributed by atoms with Gasteiger partial charge in [-0.15, -0.1) is 23.2 Å². The Hall–Kier alpha value is -1.04. The summed E-state index contributed by atoms with van der Waals surface area (Å²) in [6, 6.07) is 0.